The van der Waals surface area contributed by atoms with E-state index in [9.17, 15) is 19.5 Å². The van der Waals surface area contributed by atoms with E-state index < -0.39 is 17.5 Å². The fourth-order valence-electron chi connectivity index (χ4n) is 2.32. The molecule has 9 heteroatoms. The molecule has 0 aliphatic carbocycles. The average Bonchev–Trinajstić information content (AvgIpc) is 2.61. The molecule has 26 heavy (non-hydrogen) atoms. The van der Waals surface area contributed by atoms with Crippen LogP contribution in [0, 0.1) is 0 Å². The molecule has 9 nitrogen and oxygen atoms in total. The molecule has 3 N–H and O–H groups in total. The van der Waals surface area contributed by atoms with Crippen molar-refractivity contribution in [3.05, 3.63) is 58.2 Å². The number of aromatic carboxylic acids is 1. The lowest BCUT2D eigenvalue weighted by atomic mass is 10.1. The number of rotatable bonds is 4. The Balaban J connectivity index is 2.03. The minimum Gasteiger partial charge on any atom is -0.504 e. The van der Waals surface area contributed by atoms with Crippen molar-refractivity contribution in [1.82, 2.24) is 4.98 Å². The molecule has 132 valence electrons. The molecular weight excluding hydrogens is 344 g/mol. The smallest absolute Gasteiger partial charge is 0.349 e. The first-order valence-corrected chi connectivity index (χ1v) is 7.24. The van der Waals surface area contributed by atoms with Crippen LogP contribution in [0.5, 0.6) is 11.5 Å². The van der Waals surface area contributed by atoms with Gasteiger partial charge in [0.2, 0.25) is 0 Å². The summed E-state index contributed by atoms with van der Waals surface area (Å²) < 4.78 is 10.0. The highest BCUT2D eigenvalue weighted by molar-refractivity contribution is 6.08. The third kappa shape index (κ3) is 3.05. The maximum Gasteiger partial charge on any atom is 0.349 e. The summed E-state index contributed by atoms with van der Waals surface area (Å²) in [5, 5.41) is 21.5. The highest BCUT2D eigenvalue weighted by atomic mass is 16.5. The summed E-state index contributed by atoms with van der Waals surface area (Å²) in [7, 11) is 1.35. The van der Waals surface area contributed by atoms with E-state index >= 15 is 0 Å². The monoisotopic (exact) mass is 356 g/mol. The van der Waals surface area contributed by atoms with Crippen LogP contribution < -0.4 is 15.7 Å². The molecular formula is C17H12N2O7. The molecule has 0 spiro atoms. The van der Waals surface area contributed by atoms with Crippen molar-refractivity contribution in [2.75, 3.05) is 12.4 Å². The number of nitrogens with zero attached hydrogens (tertiary/aromatic N) is 1. The van der Waals surface area contributed by atoms with Gasteiger partial charge < -0.3 is 24.7 Å². The molecule has 3 rings (SSSR count). The average molecular weight is 356 g/mol. The minimum absolute atomic E-state index is 0.0136. The zero-order valence-corrected chi connectivity index (χ0v) is 13.3. The van der Waals surface area contributed by atoms with Gasteiger partial charge in [-0.25, -0.2) is 9.59 Å². The quantitative estimate of drug-likeness (QED) is 0.602. The lowest BCUT2D eigenvalue weighted by Crippen LogP contribution is -2.22. The number of carbonyl (C=O) groups is 2. The van der Waals surface area contributed by atoms with Crippen molar-refractivity contribution in [3.63, 3.8) is 0 Å². The number of hydrogen-bond donors (Lipinski definition) is 3. The van der Waals surface area contributed by atoms with E-state index in [4.69, 9.17) is 14.3 Å². The second-order valence-electron chi connectivity index (χ2n) is 5.19. The number of anilines is 1. The second-order valence-corrected chi connectivity index (χ2v) is 5.19. The maximum absolute atomic E-state index is 12.4. The van der Waals surface area contributed by atoms with Gasteiger partial charge in [0, 0.05) is 23.8 Å². The molecule has 0 fully saturated rings. The van der Waals surface area contributed by atoms with Crippen LogP contribution in [0.2, 0.25) is 0 Å². The fourth-order valence-corrected chi connectivity index (χ4v) is 2.32. The molecule has 1 aromatic carbocycles. The zero-order chi connectivity index (χ0) is 18.8. The summed E-state index contributed by atoms with van der Waals surface area (Å²) in [4.78, 5) is 39.3. The number of aromatic hydroxyl groups is 1. The summed E-state index contributed by atoms with van der Waals surface area (Å²) in [6.45, 7) is 0. The van der Waals surface area contributed by atoms with Crippen molar-refractivity contribution < 1.29 is 29.0 Å². The molecule has 0 radical (unpaired) electrons. The van der Waals surface area contributed by atoms with Crippen LogP contribution in [0.1, 0.15) is 20.7 Å². The Morgan fingerprint density at radius 3 is 2.69 bits per heavy atom. The Labute approximate surface area is 145 Å². The number of ether oxygens (including phenoxy) is 1. The molecule has 2 aromatic heterocycles. The van der Waals surface area contributed by atoms with Gasteiger partial charge in [-0.2, -0.15) is 0 Å². The van der Waals surface area contributed by atoms with Crippen molar-refractivity contribution in [2.45, 2.75) is 0 Å². The maximum atomic E-state index is 12.4. The number of carboxylic acid groups (broad SMARTS) is 1. The van der Waals surface area contributed by atoms with E-state index in [1.807, 2.05) is 0 Å². The standard InChI is InChI=1S/C17H12N2O7/c1-25-14-5-8-4-9(17(24)26-13(8)6-12(14)20)15(21)19-11-2-3-18-7-10(11)16(22)23/h2-7,20H,1H3,(H,22,23)(H,18,19,21). The number of fused-ring (bicyclic) bond motifs is 1. The lowest BCUT2D eigenvalue weighted by Gasteiger charge is -2.08. The van der Waals surface area contributed by atoms with E-state index in [0.29, 0.717) is 5.39 Å². The van der Waals surface area contributed by atoms with Gasteiger partial charge in [0.25, 0.3) is 5.91 Å². The Hall–Kier alpha value is -3.88. The SMILES string of the molecule is COc1cc2cc(C(=O)Nc3ccncc3C(=O)O)c(=O)oc2cc1O. The van der Waals surface area contributed by atoms with Crippen molar-refractivity contribution in [1.29, 1.82) is 0 Å². The van der Waals surface area contributed by atoms with Crippen LogP contribution in [0.4, 0.5) is 5.69 Å². The Morgan fingerprint density at radius 1 is 1.23 bits per heavy atom. The number of methoxy groups -OCH3 is 1. The summed E-state index contributed by atoms with van der Waals surface area (Å²) >= 11 is 0. The number of carbonyl (C=O) groups excluding carboxylic acids is 1. The first-order valence-electron chi connectivity index (χ1n) is 7.24. The van der Waals surface area contributed by atoms with Crippen LogP contribution in [0.3, 0.4) is 0 Å². The normalized spacial score (nSPS) is 10.5. The van der Waals surface area contributed by atoms with Crippen molar-refractivity contribution in [2.24, 2.45) is 0 Å². The molecule has 0 aliphatic heterocycles. The van der Waals surface area contributed by atoms with Gasteiger partial charge in [-0.3, -0.25) is 9.78 Å². The van der Waals surface area contributed by atoms with E-state index in [1.165, 1.54) is 37.6 Å². The third-order valence-electron chi connectivity index (χ3n) is 3.58. The van der Waals surface area contributed by atoms with Gasteiger partial charge in [-0.15, -0.1) is 0 Å². The predicted molar refractivity (Wildman–Crippen MR) is 89.9 cm³/mol. The lowest BCUT2D eigenvalue weighted by molar-refractivity contribution is 0.0697. The number of aromatic nitrogens is 1. The molecule has 0 saturated carbocycles. The van der Waals surface area contributed by atoms with Gasteiger partial charge in [0.05, 0.1) is 12.8 Å². The van der Waals surface area contributed by atoms with Crippen LogP contribution in [-0.4, -0.2) is 34.2 Å². The molecule has 0 saturated heterocycles. The summed E-state index contributed by atoms with van der Waals surface area (Å²) in [5.41, 5.74) is -1.44. The van der Waals surface area contributed by atoms with Crippen molar-refractivity contribution in [3.8, 4) is 11.5 Å². The van der Waals surface area contributed by atoms with E-state index in [-0.39, 0.29) is 33.9 Å². The van der Waals surface area contributed by atoms with Crippen LogP contribution in [-0.2, 0) is 0 Å². The van der Waals surface area contributed by atoms with Crippen LogP contribution in [0.15, 0.2) is 45.9 Å². The van der Waals surface area contributed by atoms with E-state index in [1.54, 1.807) is 0 Å². The first kappa shape index (κ1) is 17.0. The fraction of sp³-hybridized carbons (Fsp3) is 0.0588. The second kappa shape index (κ2) is 6.55. The third-order valence-corrected chi connectivity index (χ3v) is 3.58. The molecule has 0 unspecified atom stereocenters. The first-order chi connectivity index (χ1) is 12.4. The predicted octanol–water partition coefficient (Wildman–Crippen LogP) is 1.85. The van der Waals surface area contributed by atoms with E-state index in [2.05, 4.69) is 10.3 Å². The number of amides is 1. The van der Waals surface area contributed by atoms with Gasteiger partial charge in [0.15, 0.2) is 11.5 Å². The van der Waals surface area contributed by atoms with Crippen LogP contribution >= 0.6 is 0 Å². The molecule has 1 amide bonds. The van der Waals surface area contributed by atoms with Gasteiger partial charge in [-0.05, 0) is 18.2 Å². The topological polar surface area (TPSA) is 139 Å². The van der Waals surface area contributed by atoms with Gasteiger partial charge in [-0.1, -0.05) is 0 Å². The number of carboxylic acids is 1. The number of pyridine rings is 1. The summed E-state index contributed by atoms with van der Waals surface area (Å²) in [6.07, 6.45) is 2.38. The molecule has 2 heterocycles. The highest BCUT2D eigenvalue weighted by Crippen LogP contribution is 2.30. The molecule has 3 aromatic rings. The number of phenols is 1. The highest BCUT2D eigenvalue weighted by Gasteiger charge is 2.18. The molecule has 0 atom stereocenters. The largest absolute Gasteiger partial charge is 0.504 e. The molecule has 0 aliphatic rings. The van der Waals surface area contributed by atoms with E-state index in [0.717, 1.165) is 6.20 Å². The summed E-state index contributed by atoms with van der Waals surface area (Å²) in [6, 6.07) is 5.16. The zero-order valence-electron chi connectivity index (χ0n) is 13.3. The Bertz CT molecular complexity index is 1090. The number of nitrogens with one attached hydrogen (secondary N) is 1. The van der Waals surface area contributed by atoms with Crippen molar-refractivity contribution >= 4 is 28.5 Å². The number of phenolic OH excluding ortho intramolecular Hbond substituents is 1. The van der Waals surface area contributed by atoms with Crippen LogP contribution in [0.25, 0.3) is 11.0 Å². The number of hydrogen-bond acceptors (Lipinski definition) is 7. The molecule has 0 bridgehead atoms. The Kier molecular flexibility index (Phi) is 4.27. The van der Waals surface area contributed by atoms with Gasteiger partial charge >= 0.3 is 11.6 Å². The summed E-state index contributed by atoms with van der Waals surface area (Å²) in [5.74, 6) is -2.20. The Morgan fingerprint density at radius 2 is 2.00 bits per heavy atom. The number of benzene rings is 1. The minimum atomic E-state index is -1.28. The van der Waals surface area contributed by atoms with Gasteiger partial charge in [0.1, 0.15) is 16.7 Å².